The number of anilines is 1. The number of nitrogens with one attached hydrogen (secondary N) is 2. The molecule has 0 heterocycles. The molecule has 1 aromatic carbocycles. The van der Waals surface area contributed by atoms with Crippen molar-refractivity contribution in [1.29, 1.82) is 0 Å². The lowest BCUT2D eigenvalue weighted by molar-refractivity contribution is 0.255. The molecule has 0 saturated heterocycles. The Labute approximate surface area is 123 Å². The summed E-state index contributed by atoms with van der Waals surface area (Å²) in [5.74, 6) is 1.28. The zero-order valence-corrected chi connectivity index (χ0v) is 12.7. The Morgan fingerprint density at radius 3 is 2.45 bits per heavy atom. The maximum atomic E-state index is 11.7. The number of carbonyl (C=O) groups excluding carboxylic acids is 1. The first-order valence-corrected chi connectivity index (χ1v) is 6.51. The first kappa shape index (κ1) is 16.2. The molecule has 1 rings (SSSR count). The molecule has 0 radical (unpaired) electrons. The average Bonchev–Trinajstić information content (AvgIpc) is 2.39. The first-order valence-electron chi connectivity index (χ1n) is 6.13. The molecule has 0 atom stereocenters. The summed E-state index contributed by atoms with van der Waals surface area (Å²) in [7, 11) is 3.00. The number of hydrogen-bond acceptors (Lipinski definition) is 3. The molecule has 0 saturated carbocycles. The number of methoxy groups -OCH3 is 2. The first-order chi connectivity index (χ1) is 9.47. The van der Waals surface area contributed by atoms with Crippen LogP contribution in [0, 0.1) is 5.92 Å². The highest BCUT2D eigenvalue weighted by Crippen LogP contribution is 2.35. The molecule has 20 heavy (non-hydrogen) atoms. The van der Waals surface area contributed by atoms with Gasteiger partial charge in [-0.1, -0.05) is 31.5 Å². The molecule has 1 aromatic rings. The molecule has 0 aliphatic carbocycles. The molecular weight excluding hydrogens is 280 g/mol. The number of allylic oxidation sites excluding steroid dienone is 1. The Bertz CT molecular complexity index is 501. The minimum atomic E-state index is -0.371. The number of urea groups is 1. The van der Waals surface area contributed by atoms with E-state index in [0.717, 1.165) is 0 Å². The van der Waals surface area contributed by atoms with Crippen LogP contribution in [0.4, 0.5) is 10.5 Å². The van der Waals surface area contributed by atoms with E-state index in [1.807, 2.05) is 19.9 Å². The van der Waals surface area contributed by atoms with Gasteiger partial charge in [0.2, 0.25) is 0 Å². The van der Waals surface area contributed by atoms with Crippen LogP contribution in [-0.2, 0) is 0 Å². The number of benzene rings is 1. The molecular formula is C14H19ClN2O3. The van der Waals surface area contributed by atoms with Crippen LogP contribution in [-0.4, -0.2) is 20.3 Å². The quantitative estimate of drug-likeness (QED) is 0.872. The zero-order valence-electron chi connectivity index (χ0n) is 12.0. The minimum absolute atomic E-state index is 0.362. The molecule has 0 fully saturated rings. The fourth-order valence-corrected chi connectivity index (χ4v) is 1.66. The molecule has 5 nitrogen and oxygen atoms in total. The molecule has 0 aromatic heterocycles. The monoisotopic (exact) mass is 298 g/mol. The number of halogens is 1. The molecule has 2 N–H and O–H groups in total. The summed E-state index contributed by atoms with van der Waals surface area (Å²) in [5, 5.41) is 5.69. The third kappa shape index (κ3) is 4.66. The second-order valence-electron chi connectivity index (χ2n) is 4.39. The molecule has 0 bridgehead atoms. The van der Waals surface area contributed by atoms with Crippen molar-refractivity contribution in [3.63, 3.8) is 0 Å². The summed E-state index contributed by atoms with van der Waals surface area (Å²) >= 11 is 5.99. The second kappa shape index (κ2) is 7.65. The van der Waals surface area contributed by atoms with E-state index in [4.69, 9.17) is 21.1 Å². The van der Waals surface area contributed by atoms with Crippen molar-refractivity contribution < 1.29 is 14.3 Å². The predicted molar refractivity (Wildman–Crippen MR) is 80.7 cm³/mol. The van der Waals surface area contributed by atoms with E-state index in [1.165, 1.54) is 14.2 Å². The molecule has 6 heteroatoms. The minimum Gasteiger partial charge on any atom is -0.495 e. The van der Waals surface area contributed by atoms with E-state index in [-0.39, 0.29) is 6.03 Å². The summed E-state index contributed by atoms with van der Waals surface area (Å²) in [6.07, 6.45) is 3.47. The Balaban J connectivity index is 2.82. The van der Waals surface area contributed by atoms with Crippen molar-refractivity contribution in [2.75, 3.05) is 19.5 Å². The third-order valence-electron chi connectivity index (χ3n) is 2.42. The largest absolute Gasteiger partial charge is 0.495 e. The van der Waals surface area contributed by atoms with Gasteiger partial charge in [0.1, 0.15) is 11.5 Å². The van der Waals surface area contributed by atoms with Crippen LogP contribution in [0.1, 0.15) is 13.8 Å². The Morgan fingerprint density at radius 2 is 1.90 bits per heavy atom. The lowest BCUT2D eigenvalue weighted by Gasteiger charge is -2.13. The Kier molecular flexibility index (Phi) is 6.18. The fraction of sp³-hybridized carbons (Fsp3) is 0.357. The van der Waals surface area contributed by atoms with E-state index in [9.17, 15) is 4.79 Å². The molecule has 0 aliphatic heterocycles. The highest BCUT2D eigenvalue weighted by Gasteiger charge is 2.11. The average molecular weight is 299 g/mol. The number of amides is 2. The van der Waals surface area contributed by atoms with Crippen LogP contribution >= 0.6 is 11.6 Å². The fourth-order valence-electron chi connectivity index (χ4n) is 1.43. The van der Waals surface area contributed by atoms with Gasteiger partial charge in [0.15, 0.2) is 0 Å². The molecule has 0 unspecified atom stereocenters. The number of hydrogen-bond donors (Lipinski definition) is 2. The van der Waals surface area contributed by atoms with Gasteiger partial charge in [0.25, 0.3) is 0 Å². The van der Waals surface area contributed by atoms with Gasteiger partial charge in [-0.2, -0.15) is 0 Å². The lowest BCUT2D eigenvalue weighted by atomic mass is 10.2. The number of ether oxygens (including phenoxy) is 2. The predicted octanol–water partition coefficient (Wildman–Crippen LogP) is 3.65. The smallest absolute Gasteiger partial charge is 0.323 e. The summed E-state index contributed by atoms with van der Waals surface area (Å²) in [4.78, 5) is 11.7. The number of carbonyl (C=O) groups is 1. The van der Waals surface area contributed by atoms with Crippen molar-refractivity contribution in [1.82, 2.24) is 5.32 Å². The van der Waals surface area contributed by atoms with Gasteiger partial charge in [-0.15, -0.1) is 0 Å². The number of rotatable bonds is 5. The maximum absolute atomic E-state index is 11.7. The van der Waals surface area contributed by atoms with Gasteiger partial charge in [-0.05, 0) is 5.92 Å². The van der Waals surface area contributed by atoms with Gasteiger partial charge < -0.3 is 20.1 Å². The van der Waals surface area contributed by atoms with Gasteiger partial charge in [0.05, 0.1) is 24.9 Å². The van der Waals surface area contributed by atoms with Gasteiger partial charge >= 0.3 is 6.03 Å². The van der Waals surface area contributed by atoms with E-state index in [0.29, 0.717) is 28.1 Å². The molecule has 110 valence electrons. The van der Waals surface area contributed by atoms with Crippen LogP contribution in [0.15, 0.2) is 24.4 Å². The van der Waals surface area contributed by atoms with E-state index >= 15 is 0 Å². The van der Waals surface area contributed by atoms with Gasteiger partial charge in [-0.25, -0.2) is 4.79 Å². The van der Waals surface area contributed by atoms with Gasteiger partial charge in [0, 0.05) is 18.3 Å². The van der Waals surface area contributed by atoms with E-state index in [1.54, 1.807) is 18.3 Å². The van der Waals surface area contributed by atoms with Gasteiger partial charge in [-0.3, -0.25) is 0 Å². The standard InChI is InChI=1S/C14H19ClN2O3/c1-9(2)5-6-16-14(18)17-11-8-12(19-3)10(15)7-13(11)20-4/h5-9H,1-4H3,(H2,16,17,18)/b6-5+. The Hall–Kier alpha value is -1.88. The van der Waals surface area contributed by atoms with E-state index in [2.05, 4.69) is 10.6 Å². The van der Waals surface area contributed by atoms with Crippen molar-refractivity contribution in [2.24, 2.45) is 5.92 Å². The van der Waals surface area contributed by atoms with Crippen molar-refractivity contribution in [2.45, 2.75) is 13.8 Å². The van der Waals surface area contributed by atoms with Crippen LogP contribution in [0.5, 0.6) is 11.5 Å². The van der Waals surface area contributed by atoms with Crippen molar-refractivity contribution in [3.05, 3.63) is 29.4 Å². The second-order valence-corrected chi connectivity index (χ2v) is 4.80. The molecule has 0 spiro atoms. The lowest BCUT2D eigenvalue weighted by Crippen LogP contribution is -2.24. The van der Waals surface area contributed by atoms with E-state index < -0.39 is 0 Å². The SMILES string of the molecule is COc1cc(NC(=O)N/C=C/C(C)C)c(OC)cc1Cl. The summed E-state index contributed by atoms with van der Waals surface area (Å²) in [6, 6.07) is 2.82. The summed E-state index contributed by atoms with van der Waals surface area (Å²) in [5.41, 5.74) is 0.476. The van der Waals surface area contributed by atoms with Crippen LogP contribution in [0.25, 0.3) is 0 Å². The molecule has 0 aliphatic rings. The van der Waals surface area contributed by atoms with Crippen LogP contribution in [0.2, 0.25) is 5.02 Å². The summed E-state index contributed by atoms with van der Waals surface area (Å²) in [6.45, 7) is 4.03. The van der Waals surface area contributed by atoms with Crippen LogP contribution in [0.3, 0.4) is 0 Å². The Morgan fingerprint density at radius 1 is 1.25 bits per heavy atom. The maximum Gasteiger partial charge on any atom is 0.323 e. The third-order valence-corrected chi connectivity index (χ3v) is 2.71. The highest BCUT2D eigenvalue weighted by molar-refractivity contribution is 6.32. The highest BCUT2D eigenvalue weighted by atomic mass is 35.5. The normalized spacial score (nSPS) is 10.7. The van der Waals surface area contributed by atoms with Crippen molar-refractivity contribution >= 4 is 23.3 Å². The summed E-state index contributed by atoms with van der Waals surface area (Å²) < 4.78 is 10.3. The topological polar surface area (TPSA) is 59.6 Å². The van der Waals surface area contributed by atoms with Crippen molar-refractivity contribution in [3.8, 4) is 11.5 Å². The zero-order chi connectivity index (χ0) is 15.1. The van der Waals surface area contributed by atoms with Crippen LogP contribution < -0.4 is 20.1 Å². The molecule has 2 amide bonds.